The van der Waals surface area contributed by atoms with Crippen molar-refractivity contribution in [2.75, 3.05) is 11.5 Å². The van der Waals surface area contributed by atoms with E-state index in [1.54, 1.807) is 18.2 Å². The number of ether oxygens (including phenoxy) is 1. The molecule has 1 aliphatic heterocycles. The van der Waals surface area contributed by atoms with Gasteiger partial charge in [0.2, 0.25) is 11.8 Å². The third kappa shape index (κ3) is 3.55. The number of fused-ring (bicyclic) bond motifs is 2. The van der Waals surface area contributed by atoms with E-state index in [0.29, 0.717) is 24.1 Å². The van der Waals surface area contributed by atoms with Crippen LogP contribution in [0.2, 0.25) is 0 Å². The maximum Gasteiger partial charge on any atom is 0.338 e. The molecule has 6 nitrogen and oxygen atoms in total. The molecule has 1 heterocycles. The topological polar surface area (TPSA) is 80.8 Å². The molecule has 0 radical (unpaired) electrons. The molecule has 2 amide bonds. The molecule has 2 unspecified atom stereocenters. The van der Waals surface area contributed by atoms with Crippen LogP contribution in [0.15, 0.2) is 54.6 Å². The second-order valence-electron chi connectivity index (χ2n) is 8.55. The van der Waals surface area contributed by atoms with Gasteiger partial charge in [0.15, 0.2) is 12.4 Å². The van der Waals surface area contributed by atoms with Crippen LogP contribution in [0.5, 0.6) is 0 Å². The van der Waals surface area contributed by atoms with Crippen molar-refractivity contribution in [2.24, 2.45) is 11.8 Å². The molecule has 0 saturated carbocycles. The zero-order valence-electron chi connectivity index (χ0n) is 17.6. The van der Waals surface area contributed by atoms with Gasteiger partial charge < -0.3 is 4.74 Å². The number of carbonyl (C=O) groups is 4. The van der Waals surface area contributed by atoms with Crippen molar-refractivity contribution in [3.05, 3.63) is 76.9 Å². The summed E-state index contributed by atoms with van der Waals surface area (Å²) in [5.41, 5.74) is 3.73. The van der Waals surface area contributed by atoms with E-state index >= 15 is 0 Å². The Balaban J connectivity index is 1.22. The summed E-state index contributed by atoms with van der Waals surface area (Å²) < 4.78 is 5.20. The Morgan fingerprint density at radius 3 is 2.16 bits per heavy atom. The first-order valence-corrected chi connectivity index (χ1v) is 11.0. The summed E-state index contributed by atoms with van der Waals surface area (Å²) >= 11 is 0. The van der Waals surface area contributed by atoms with E-state index in [9.17, 15) is 19.2 Å². The molecule has 0 N–H and O–H groups in total. The van der Waals surface area contributed by atoms with Crippen LogP contribution in [-0.4, -0.2) is 30.2 Å². The average Bonchev–Trinajstić information content (AvgIpc) is 3.39. The van der Waals surface area contributed by atoms with Gasteiger partial charge in [-0.1, -0.05) is 24.3 Å². The predicted molar refractivity (Wildman–Crippen MR) is 117 cm³/mol. The predicted octanol–water partition coefficient (Wildman–Crippen LogP) is 3.67. The van der Waals surface area contributed by atoms with Gasteiger partial charge in [0.05, 0.1) is 23.1 Å². The third-order valence-electron chi connectivity index (χ3n) is 6.62. The van der Waals surface area contributed by atoms with Crippen LogP contribution < -0.4 is 4.90 Å². The summed E-state index contributed by atoms with van der Waals surface area (Å²) in [6, 6.07) is 11.8. The van der Waals surface area contributed by atoms with E-state index in [1.165, 1.54) is 28.2 Å². The highest BCUT2D eigenvalue weighted by Crippen LogP contribution is 2.37. The van der Waals surface area contributed by atoms with Crippen molar-refractivity contribution in [1.29, 1.82) is 0 Å². The number of allylic oxidation sites excluding steroid dienone is 2. The number of rotatable bonds is 5. The molecule has 0 aromatic heterocycles. The number of aryl methyl sites for hydroxylation is 2. The number of hydrogen-bond acceptors (Lipinski definition) is 5. The lowest BCUT2D eigenvalue weighted by molar-refractivity contribution is -0.122. The minimum atomic E-state index is -0.622. The molecule has 5 rings (SSSR count). The van der Waals surface area contributed by atoms with Gasteiger partial charge in [-0.25, -0.2) is 4.79 Å². The van der Waals surface area contributed by atoms with Crippen LogP contribution in [0.3, 0.4) is 0 Å². The minimum Gasteiger partial charge on any atom is -0.454 e. The zero-order chi connectivity index (χ0) is 22.2. The lowest BCUT2D eigenvalue weighted by Gasteiger charge is -2.15. The molecule has 2 aromatic carbocycles. The number of carbonyl (C=O) groups excluding carboxylic acids is 4. The largest absolute Gasteiger partial charge is 0.454 e. The Morgan fingerprint density at radius 2 is 1.47 bits per heavy atom. The molecular formula is C26H23NO5. The Hall–Kier alpha value is -3.54. The highest BCUT2D eigenvalue weighted by molar-refractivity contribution is 6.22. The SMILES string of the molecule is O=C(COC(=O)c1ccc(N2C(=O)C3CC=CCC3C2=O)cc1)c1ccc2c(c1)CCC2. The highest BCUT2D eigenvalue weighted by Gasteiger charge is 2.47. The molecule has 1 saturated heterocycles. The van der Waals surface area contributed by atoms with Gasteiger partial charge in [0.25, 0.3) is 0 Å². The standard InChI is InChI=1S/C26H23NO5/c28-23(19-9-8-16-4-3-5-18(16)14-19)15-32-26(31)17-10-12-20(13-11-17)27-24(29)21-6-1-2-7-22(21)25(27)30/h1-2,8-14,21-22H,3-7,15H2. The Bertz CT molecular complexity index is 1120. The molecule has 0 spiro atoms. The van der Waals surface area contributed by atoms with Crippen LogP contribution >= 0.6 is 0 Å². The molecule has 2 aliphatic carbocycles. The number of imide groups is 1. The van der Waals surface area contributed by atoms with Gasteiger partial charge in [0.1, 0.15) is 0 Å². The molecular weight excluding hydrogens is 406 g/mol. The van der Waals surface area contributed by atoms with Crippen LogP contribution in [0, 0.1) is 11.8 Å². The smallest absolute Gasteiger partial charge is 0.338 e. The van der Waals surface area contributed by atoms with Gasteiger partial charge in [-0.15, -0.1) is 0 Å². The van der Waals surface area contributed by atoms with Gasteiger partial charge in [-0.05, 0) is 73.6 Å². The maximum atomic E-state index is 12.7. The molecule has 0 bridgehead atoms. The number of esters is 1. The summed E-state index contributed by atoms with van der Waals surface area (Å²) in [4.78, 5) is 51.4. The highest BCUT2D eigenvalue weighted by atomic mass is 16.5. The van der Waals surface area contributed by atoms with Crippen molar-refractivity contribution in [3.8, 4) is 0 Å². The first-order chi connectivity index (χ1) is 15.5. The number of amides is 2. The lowest BCUT2D eigenvalue weighted by Crippen LogP contribution is -2.30. The van der Waals surface area contributed by atoms with Crippen LogP contribution in [-0.2, 0) is 27.2 Å². The molecule has 162 valence electrons. The van der Waals surface area contributed by atoms with Crippen molar-refractivity contribution >= 4 is 29.3 Å². The molecule has 32 heavy (non-hydrogen) atoms. The van der Waals surface area contributed by atoms with Crippen LogP contribution in [0.25, 0.3) is 0 Å². The monoisotopic (exact) mass is 429 g/mol. The van der Waals surface area contributed by atoms with Crippen molar-refractivity contribution in [1.82, 2.24) is 0 Å². The molecule has 1 fully saturated rings. The average molecular weight is 429 g/mol. The second-order valence-corrected chi connectivity index (χ2v) is 8.55. The first kappa shape index (κ1) is 20.4. The Kier molecular flexibility index (Phi) is 5.21. The molecule has 6 heteroatoms. The fourth-order valence-electron chi connectivity index (χ4n) is 4.84. The van der Waals surface area contributed by atoms with E-state index in [-0.39, 0.29) is 41.6 Å². The van der Waals surface area contributed by atoms with E-state index in [2.05, 4.69) is 0 Å². The van der Waals surface area contributed by atoms with E-state index < -0.39 is 5.97 Å². The van der Waals surface area contributed by atoms with Gasteiger partial charge in [-0.3, -0.25) is 19.3 Å². The van der Waals surface area contributed by atoms with Crippen molar-refractivity contribution < 1.29 is 23.9 Å². The Labute approximate surface area is 185 Å². The first-order valence-electron chi connectivity index (χ1n) is 11.0. The summed E-state index contributed by atoms with van der Waals surface area (Å²) in [5, 5.41) is 0. The summed E-state index contributed by atoms with van der Waals surface area (Å²) in [5.74, 6) is -1.86. The number of nitrogens with zero attached hydrogens (tertiary/aromatic N) is 1. The number of hydrogen-bond donors (Lipinski definition) is 0. The van der Waals surface area contributed by atoms with E-state index in [1.807, 2.05) is 24.3 Å². The van der Waals surface area contributed by atoms with E-state index in [0.717, 1.165) is 19.3 Å². The minimum absolute atomic E-state index is 0.195. The Morgan fingerprint density at radius 1 is 0.844 bits per heavy atom. The quantitative estimate of drug-likeness (QED) is 0.314. The van der Waals surface area contributed by atoms with Crippen LogP contribution in [0.4, 0.5) is 5.69 Å². The van der Waals surface area contributed by atoms with Crippen molar-refractivity contribution in [2.45, 2.75) is 32.1 Å². The number of benzene rings is 2. The maximum absolute atomic E-state index is 12.7. The fraction of sp³-hybridized carbons (Fsp3) is 0.308. The van der Waals surface area contributed by atoms with Gasteiger partial charge >= 0.3 is 5.97 Å². The number of ketones is 1. The summed E-state index contributed by atoms with van der Waals surface area (Å²) in [7, 11) is 0. The van der Waals surface area contributed by atoms with Gasteiger partial charge in [0, 0.05) is 5.56 Å². The van der Waals surface area contributed by atoms with Crippen molar-refractivity contribution in [3.63, 3.8) is 0 Å². The normalized spacial score (nSPS) is 21.4. The molecule has 3 aliphatic rings. The summed E-state index contributed by atoms with van der Waals surface area (Å²) in [6.07, 6.45) is 8.16. The van der Waals surface area contributed by atoms with Gasteiger partial charge in [-0.2, -0.15) is 0 Å². The summed E-state index contributed by atoms with van der Waals surface area (Å²) in [6.45, 7) is -0.334. The molecule has 2 aromatic rings. The van der Waals surface area contributed by atoms with E-state index in [4.69, 9.17) is 4.74 Å². The number of Topliss-reactive ketones (excluding diaryl/α,β-unsaturated/α-hetero) is 1. The number of anilines is 1. The second kappa shape index (κ2) is 8.19. The third-order valence-corrected chi connectivity index (χ3v) is 6.62. The van der Waals surface area contributed by atoms with Crippen LogP contribution in [0.1, 0.15) is 51.1 Å². The molecule has 2 atom stereocenters. The fourth-order valence-corrected chi connectivity index (χ4v) is 4.84. The zero-order valence-corrected chi connectivity index (χ0v) is 17.6. The lowest BCUT2D eigenvalue weighted by atomic mass is 9.85.